The molecule has 23 heavy (non-hydrogen) atoms. The highest BCUT2D eigenvalue weighted by Gasteiger charge is 2.50. The van der Waals surface area contributed by atoms with Gasteiger partial charge in [0.05, 0.1) is 11.7 Å². The zero-order valence-corrected chi connectivity index (χ0v) is 15.1. The number of piperidine rings is 1. The van der Waals surface area contributed by atoms with Gasteiger partial charge >= 0.3 is 0 Å². The number of rotatable bonds is 4. The first-order valence-electron chi connectivity index (χ1n) is 9.15. The molecule has 1 aliphatic carbocycles. The monoisotopic (exact) mass is 342 g/mol. The number of amides is 1. The first-order valence-corrected chi connectivity index (χ1v) is 11.0. The van der Waals surface area contributed by atoms with E-state index in [0.29, 0.717) is 19.5 Å². The summed E-state index contributed by atoms with van der Waals surface area (Å²) in [6, 6.07) is 0. The normalized spacial score (nSPS) is 31.2. The Labute approximate surface area is 140 Å². The topological polar surface area (TPSA) is 57.7 Å². The number of sulfonamides is 1. The van der Waals surface area contributed by atoms with Crippen LogP contribution in [0, 0.1) is 11.3 Å². The molecular formula is C17H30N2O3S. The quantitative estimate of drug-likeness (QED) is 0.787. The first-order chi connectivity index (χ1) is 10.9. The van der Waals surface area contributed by atoms with E-state index >= 15 is 0 Å². The Morgan fingerprint density at radius 3 is 2.48 bits per heavy atom. The lowest BCUT2D eigenvalue weighted by Gasteiger charge is -2.40. The van der Waals surface area contributed by atoms with Crippen LogP contribution in [0.15, 0.2) is 0 Å². The summed E-state index contributed by atoms with van der Waals surface area (Å²) in [5.74, 6) is 0.997. The SMILES string of the molecule is CS(=O)(=O)N1CC[C@]2(CCCN(CCC3CCCCC3)C2=O)C1. The molecule has 132 valence electrons. The molecule has 5 nitrogen and oxygen atoms in total. The molecule has 3 fully saturated rings. The van der Waals surface area contributed by atoms with Crippen molar-refractivity contribution in [2.75, 3.05) is 32.4 Å². The molecule has 1 spiro atoms. The fraction of sp³-hybridized carbons (Fsp3) is 0.941. The van der Waals surface area contributed by atoms with E-state index in [0.717, 1.165) is 38.3 Å². The lowest BCUT2D eigenvalue weighted by atomic mass is 9.78. The van der Waals surface area contributed by atoms with E-state index in [1.165, 1.54) is 42.7 Å². The average Bonchev–Trinajstić information content (AvgIpc) is 2.95. The molecule has 0 aromatic rings. The molecule has 0 bridgehead atoms. The Morgan fingerprint density at radius 2 is 1.83 bits per heavy atom. The van der Waals surface area contributed by atoms with Crippen LogP contribution in [-0.4, -0.2) is 56.0 Å². The maximum atomic E-state index is 13.0. The third kappa shape index (κ3) is 3.73. The van der Waals surface area contributed by atoms with Gasteiger partial charge in [-0.3, -0.25) is 4.79 Å². The Balaban J connectivity index is 1.60. The minimum atomic E-state index is -3.19. The number of likely N-dealkylation sites (tertiary alicyclic amines) is 1. The summed E-state index contributed by atoms with van der Waals surface area (Å²) in [4.78, 5) is 15.0. The predicted molar refractivity (Wildman–Crippen MR) is 90.5 cm³/mol. The lowest BCUT2D eigenvalue weighted by Crippen LogP contribution is -2.50. The zero-order valence-electron chi connectivity index (χ0n) is 14.3. The predicted octanol–water partition coefficient (Wildman–Crippen LogP) is 2.23. The van der Waals surface area contributed by atoms with Crippen LogP contribution in [0.4, 0.5) is 0 Å². The number of hydrogen-bond donors (Lipinski definition) is 0. The number of hydrogen-bond acceptors (Lipinski definition) is 3. The van der Waals surface area contributed by atoms with Gasteiger partial charge in [-0.05, 0) is 31.6 Å². The summed E-state index contributed by atoms with van der Waals surface area (Å²) in [7, 11) is -3.19. The number of carbonyl (C=O) groups is 1. The first kappa shape index (κ1) is 17.2. The molecule has 2 saturated heterocycles. The van der Waals surface area contributed by atoms with Crippen molar-refractivity contribution in [2.45, 2.75) is 57.8 Å². The molecule has 2 aliphatic heterocycles. The highest BCUT2D eigenvalue weighted by molar-refractivity contribution is 7.88. The van der Waals surface area contributed by atoms with Crippen LogP contribution in [0.3, 0.4) is 0 Å². The number of nitrogens with zero attached hydrogens (tertiary/aromatic N) is 2. The van der Waals surface area contributed by atoms with Crippen LogP contribution >= 0.6 is 0 Å². The Kier molecular flexibility index (Phi) is 5.02. The van der Waals surface area contributed by atoms with Gasteiger partial charge in [0.1, 0.15) is 0 Å². The molecule has 2 heterocycles. The van der Waals surface area contributed by atoms with E-state index in [1.807, 2.05) is 4.90 Å². The smallest absolute Gasteiger partial charge is 0.230 e. The van der Waals surface area contributed by atoms with E-state index in [1.54, 1.807) is 0 Å². The van der Waals surface area contributed by atoms with Crippen molar-refractivity contribution in [3.05, 3.63) is 0 Å². The summed E-state index contributed by atoms with van der Waals surface area (Å²) in [5, 5.41) is 0. The van der Waals surface area contributed by atoms with Gasteiger partial charge in [-0.25, -0.2) is 12.7 Å². The molecule has 1 atom stereocenters. The van der Waals surface area contributed by atoms with Crippen LogP contribution in [0.1, 0.15) is 57.8 Å². The zero-order chi connectivity index (χ0) is 16.5. The second kappa shape index (κ2) is 6.71. The van der Waals surface area contributed by atoms with Crippen LogP contribution < -0.4 is 0 Å². The Bertz CT molecular complexity index is 542. The highest BCUT2D eigenvalue weighted by atomic mass is 32.2. The van der Waals surface area contributed by atoms with Gasteiger partial charge in [0, 0.05) is 26.2 Å². The second-order valence-corrected chi connectivity index (χ2v) is 9.80. The maximum absolute atomic E-state index is 13.0. The van der Waals surface area contributed by atoms with Gasteiger partial charge in [0.2, 0.25) is 15.9 Å². The summed E-state index contributed by atoms with van der Waals surface area (Å²) in [6.45, 7) is 2.61. The van der Waals surface area contributed by atoms with Crippen LogP contribution in [0.5, 0.6) is 0 Å². The maximum Gasteiger partial charge on any atom is 0.230 e. The molecule has 0 aromatic heterocycles. The van der Waals surface area contributed by atoms with E-state index in [9.17, 15) is 13.2 Å². The largest absolute Gasteiger partial charge is 0.342 e. The molecule has 3 aliphatic rings. The summed E-state index contributed by atoms with van der Waals surface area (Å²) in [6.07, 6.45) is 11.6. The van der Waals surface area contributed by atoms with Crippen molar-refractivity contribution in [1.82, 2.24) is 9.21 Å². The molecule has 0 unspecified atom stereocenters. The van der Waals surface area contributed by atoms with E-state index in [4.69, 9.17) is 0 Å². The molecular weight excluding hydrogens is 312 g/mol. The van der Waals surface area contributed by atoms with Crippen LogP contribution in [0.2, 0.25) is 0 Å². The van der Waals surface area contributed by atoms with Crippen molar-refractivity contribution in [3.8, 4) is 0 Å². The van der Waals surface area contributed by atoms with E-state index in [-0.39, 0.29) is 5.91 Å². The van der Waals surface area contributed by atoms with Crippen LogP contribution in [-0.2, 0) is 14.8 Å². The third-order valence-corrected chi connectivity index (χ3v) is 7.39. The van der Waals surface area contributed by atoms with Crippen molar-refractivity contribution in [1.29, 1.82) is 0 Å². The summed E-state index contributed by atoms with van der Waals surface area (Å²) in [5.41, 5.74) is -0.437. The van der Waals surface area contributed by atoms with Gasteiger partial charge in [0.25, 0.3) is 0 Å². The molecule has 0 radical (unpaired) electrons. The van der Waals surface area contributed by atoms with E-state index < -0.39 is 15.4 Å². The Morgan fingerprint density at radius 1 is 1.09 bits per heavy atom. The van der Waals surface area contributed by atoms with Gasteiger partial charge in [0.15, 0.2) is 0 Å². The molecule has 6 heteroatoms. The van der Waals surface area contributed by atoms with Gasteiger partial charge in [-0.1, -0.05) is 32.1 Å². The molecule has 3 rings (SSSR count). The van der Waals surface area contributed by atoms with Crippen molar-refractivity contribution >= 4 is 15.9 Å². The number of carbonyl (C=O) groups excluding carboxylic acids is 1. The van der Waals surface area contributed by atoms with Crippen molar-refractivity contribution in [3.63, 3.8) is 0 Å². The van der Waals surface area contributed by atoms with Crippen molar-refractivity contribution in [2.24, 2.45) is 11.3 Å². The second-order valence-electron chi connectivity index (χ2n) is 7.82. The van der Waals surface area contributed by atoms with Gasteiger partial charge in [-0.2, -0.15) is 0 Å². The Hall–Kier alpha value is -0.620. The molecule has 0 aromatic carbocycles. The van der Waals surface area contributed by atoms with E-state index in [2.05, 4.69) is 0 Å². The fourth-order valence-corrected chi connectivity index (χ4v) is 5.58. The summed E-state index contributed by atoms with van der Waals surface area (Å²) >= 11 is 0. The third-order valence-electron chi connectivity index (χ3n) is 6.14. The molecule has 0 N–H and O–H groups in total. The average molecular weight is 343 g/mol. The standard InChI is InChI=1S/C17H30N2O3S/c1-23(21,22)19-13-10-17(14-19)9-5-11-18(16(17)20)12-8-15-6-3-2-4-7-15/h15H,2-14H2,1H3/t17-/m1/s1. The summed E-state index contributed by atoms with van der Waals surface area (Å²) < 4.78 is 25.1. The lowest BCUT2D eigenvalue weighted by molar-refractivity contribution is -0.145. The van der Waals surface area contributed by atoms with Crippen LogP contribution in [0.25, 0.3) is 0 Å². The minimum Gasteiger partial charge on any atom is -0.342 e. The fourth-order valence-electron chi connectivity index (χ4n) is 4.68. The van der Waals surface area contributed by atoms with Gasteiger partial charge in [-0.15, -0.1) is 0 Å². The highest BCUT2D eigenvalue weighted by Crippen LogP contribution is 2.41. The van der Waals surface area contributed by atoms with Crippen molar-refractivity contribution < 1.29 is 13.2 Å². The minimum absolute atomic E-state index is 0.214. The van der Waals surface area contributed by atoms with Gasteiger partial charge < -0.3 is 4.90 Å². The molecule has 1 amide bonds. The molecule has 1 saturated carbocycles.